The number of halogens is 2. The zero-order valence-electron chi connectivity index (χ0n) is 12.7. The number of nitrogens with one attached hydrogen (secondary N) is 1. The van der Waals surface area contributed by atoms with Gasteiger partial charge < -0.3 is 4.74 Å². The highest BCUT2D eigenvalue weighted by molar-refractivity contribution is 8.03. The molecule has 1 heterocycles. The molecule has 0 aromatic carbocycles. The molecular weight excluding hydrogens is 367 g/mol. The second kappa shape index (κ2) is 8.99. The van der Waals surface area contributed by atoms with Crippen molar-refractivity contribution in [1.29, 1.82) is 0 Å². The van der Waals surface area contributed by atoms with Gasteiger partial charge in [-0.2, -0.15) is 0 Å². The number of thioether (sulfide) groups is 1. The number of hydrogen-bond acceptors (Lipinski definition) is 6. The van der Waals surface area contributed by atoms with E-state index in [0.29, 0.717) is 10.8 Å². The summed E-state index contributed by atoms with van der Waals surface area (Å²) < 4.78 is 4.76. The van der Waals surface area contributed by atoms with Crippen LogP contribution in [0.4, 0.5) is 4.79 Å². The van der Waals surface area contributed by atoms with Crippen LogP contribution in [0.2, 0.25) is 0 Å². The summed E-state index contributed by atoms with van der Waals surface area (Å²) >= 11 is 13.3. The zero-order valence-corrected chi connectivity index (χ0v) is 15.0. The molecule has 0 aromatic heterocycles. The van der Waals surface area contributed by atoms with Crippen molar-refractivity contribution in [3.63, 3.8) is 0 Å². The van der Waals surface area contributed by atoms with Gasteiger partial charge in [0.25, 0.3) is 5.96 Å². The van der Waals surface area contributed by atoms with Crippen LogP contribution in [0.1, 0.15) is 13.8 Å². The monoisotopic (exact) mass is 382 g/mol. The van der Waals surface area contributed by atoms with Crippen molar-refractivity contribution in [2.75, 3.05) is 19.3 Å². The number of guanidine groups is 1. The summed E-state index contributed by atoms with van der Waals surface area (Å²) in [5, 5.41) is 10.4. The molecule has 0 fully saturated rings. The van der Waals surface area contributed by atoms with E-state index in [1.165, 1.54) is 14.0 Å². The fourth-order valence-corrected chi connectivity index (χ4v) is 2.85. The summed E-state index contributed by atoms with van der Waals surface area (Å²) in [6, 6.07) is 0. The fourth-order valence-electron chi connectivity index (χ4n) is 1.49. The molecule has 1 rings (SSSR count). The molecule has 0 saturated heterocycles. The first-order valence-corrected chi connectivity index (χ1v) is 8.23. The second-order valence-corrected chi connectivity index (χ2v) is 6.73. The Labute approximate surface area is 147 Å². The predicted octanol–water partition coefficient (Wildman–Crippen LogP) is 2.92. The molecule has 128 valence electrons. The average molecular weight is 383 g/mol. The highest BCUT2D eigenvalue weighted by Gasteiger charge is 2.22. The van der Waals surface area contributed by atoms with Gasteiger partial charge in [0.05, 0.1) is 6.54 Å². The summed E-state index contributed by atoms with van der Waals surface area (Å²) in [5.41, 5.74) is 1.79. The van der Waals surface area contributed by atoms with Crippen molar-refractivity contribution < 1.29 is 14.6 Å². The third kappa shape index (κ3) is 6.67. The Morgan fingerprint density at radius 3 is 2.87 bits per heavy atom. The van der Waals surface area contributed by atoms with Crippen molar-refractivity contribution in [1.82, 2.24) is 10.3 Å². The Balaban J connectivity index is 2.91. The molecule has 1 N–H and O–H groups in total. The van der Waals surface area contributed by atoms with Crippen LogP contribution in [-0.4, -0.2) is 46.9 Å². The number of aliphatic imine (C=N–C) groups is 1. The number of rotatable bonds is 4. The Morgan fingerprint density at radius 2 is 2.35 bits per heavy atom. The lowest BCUT2D eigenvalue weighted by Crippen LogP contribution is -2.45. The van der Waals surface area contributed by atoms with Gasteiger partial charge in [-0.1, -0.05) is 28.6 Å². The van der Waals surface area contributed by atoms with Crippen LogP contribution in [0, 0.1) is 10.1 Å². The summed E-state index contributed by atoms with van der Waals surface area (Å²) in [6.45, 7) is 3.49. The van der Waals surface area contributed by atoms with Gasteiger partial charge in [-0.05, 0) is 30.4 Å². The number of ether oxygens (including phenoxy) is 1. The van der Waals surface area contributed by atoms with E-state index >= 15 is 0 Å². The molecule has 0 saturated carbocycles. The van der Waals surface area contributed by atoms with Crippen LogP contribution in [-0.2, 0) is 4.74 Å². The molecule has 0 aliphatic carbocycles. The van der Waals surface area contributed by atoms with Crippen molar-refractivity contribution in [2.45, 2.75) is 19.4 Å². The Kier molecular flexibility index (Phi) is 7.66. The maximum absolute atomic E-state index is 11.8. The van der Waals surface area contributed by atoms with E-state index in [9.17, 15) is 14.9 Å². The molecule has 0 aromatic rings. The topological polar surface area (TPSA) is 97.1 Å². The van der Waals surface area contributed by atoms with Crippen molar-refractivity contribution in [3.05, 3.63) is 31.7 Å². The number of carbonyl (C=O) groups is 1. The molecule has 11 heteroatoms. The standard InChI is InChI=1S/C12H16Cl2N4O4S/c1-7-4-10(14)9(6-23-7)5-15-11(16-18(20)21)17(3)12(19)22-8(2)13/h4,8H,5-6H2,1-3H3,(H,15,16). The van der Waals surface area contributed by atoms with Crippen LogP contribution in [0.3, 0.4) is 0 Å². The number of amides is 1. The van der Waals surface area contributed by atoms with Crippen LogP contribution in [0.15, 0.2) is 26.6 Å². The maximum atomic E-state index is 11.8. The Bertz CT molecular complexity index is 577. The normalized spacial score (nSPS) is 16.6. The summed E-state index contributed by atoms with van der Waals surface area (Å²) in [4.78, 5) is 28.4. The molecule has 1 amide bonds. The highest BCUT2D eigenvalue weighted by Crippen LogP contribution is 2.29. The largest absolute Gasteiger partial charge is 0.430 e. The molecule has 0 bridgehead atoms. The van der Waals surface area contributed by atoms with Gasteiger partial charge in [-0.25, -0.2) is 24.8 Å². The smallest absolute Gasteiger partial charge is 0.417 e. The number of hydrogen-bond donors (Lipinski definition) is 1. The minimum absolute atomic E-state index is 0.111. The van der Waals surface area contributed by atoms with E-state index in [-0.39, 0.29) is 12.5 Å². The van der Waals surface area contributed by atoms with Crippen molar-refractivity contribution >= 4 is 47.0 Å². The second-order valence-electron chi connectivity index (χ2n) is 4.49. The van der Waals surface area contributed by atoms with E-state index in [0.717, 1.165) is 15.4 Å². The van der Waals surface area contributed by atoms with Crippen molar-refractivity contribution in [2.24, 2.45) is 4.99 Å². The summed E-state index contributed by atoms with van der Waals surface area (Å²) in [6.07, 6.45) is 0.934. The van der Waals surface area contributed by atoms with Crippen LogP contribution >= 0.6 is 35.0 Å². The molecule has 1 aliphatic heterocycles. The number of alkyl halides is 1. The first kappa shape index (κ1) is 19.6. The molecule has 0 radical (unpaired) electrons. The number of carbonyl (C=O) groups excluding carboxylic acids is 1. The Morgan fingerprint density at radius 1 is 1.70 bits per heavy atom. The maximum Gasteiger partial charge on any atom is 0.417 e. The van der Waals surface area contributed by atoms with E-state index in [1.807, 2.05) is 12.3 Å². The van der Waals surface area contributed by atoms with Gasteiger partial charge in [-0.3, -0.25) is 0 Å². The Hall–Kier alpha value is -1.45. The van der Waals surface area contributed by atoms with Crippen molar-refractivity contribution in [3.8, 4) is 0 Å². The molecule has 0 spiro atoms. The molecule has 1 atom stereocenters. The van der Waals surface area contributed by atoms with E-state index in [1.54, 1.807) is 17.8 Å². The number of allylic oxidation sites excluding steroid dienone is 3. The quantitative estimate of drug-likeness (QED) is 0.264. The van der Waals surface area contributed by atoms with Gasteiger partial charge in [0.2, 0.25) is 0 Å². The molecule has 1 aliphatic rings. The SMILES string of the molecule is CC1=CC(Cl)=C(CN=C(N[N+](=O)[O-])N(C)C(=O)OC(C)Cl)CS1. The van der Waals surface area contributed by atoms with E-state index < -0.39 is 16.7 Å². The van der Waals surface area contributed by atoms with Gasteiger partial charge in [0, 0.05) is 17.8 Å². The van der Waals surface area contributed by atoms with Crippen LogP contribution in [0.25, 0.3) is 0 Å². The predicted molar refractivity (Wildman–Crippen MR) is 91.1 cm³/mol. The van der Waals surface area contributed by atoms with Crippen LogP contribution < -0.4 is 5.43 Å². The molecule has 23 heavy (non-hydrogen) atoms. The fraction of sp³-hybridized carbons (Fsp3) is 0.500. The minimum Gasteiger partial charge on any atom is -0.430 e. The molecule has 8 nitrogen and oxygen atoms in total. The highest BCUT2D eigenvalue weighted by atomic mass is 35.5. The van der Waals surface area contributed by atoms with Crippen LogP contribution in [0.5, 0.6) is 0 Å². The summed E-state index contributed by atoms with van der Waals surface area (Å²) in [5.74, 6) is 0.356. The summed E-state index contributed by atoms with van der Waals surface area (Å²) in [7, 11) is 1.28. The average Bonchev–Trinajstić information content (AvgIpc) is 2.43. The molecule has 1 unspecified atom stereocenters. The number of nitrogens with zero attached hydrogens (tertiary/aromatic N) is 3. The lowest BCUT2D eigenvalue weighted by Gasteiger charge is -2.18. The zero-order chi connectivity index (χ0) is 17.6. The minimum atomic E-state index is -0.873. The third-order valence-corrected chi connectivity index (χ3v) is 4.14. The lowest BCUT2D eigenvalue weighted by atomic mass is 10.2. The lowest BCUT2D eigenvalue weighted by molar-refractivity contribution is -0.526. The van der Waals surface area contributed by atoms with E-state index in [4.69, 9.17) is 27.9 Å². The first-order chi connectivity index (χ1) is 10.7. The molecular formula is C12H16Cl2N4O4S. The van der Waals surface area contributed by atoms with Gasteiger partial charge in [-0.15, -0.1) is 11.8 Å². The third-order valence-electron chi connectivity index (χ3n) is 2.61. The van der Waals surface area contributed by atoms with Gasteiger partial charge in [0.1, 0.15) is 0 Å². The number of nitro groups is 1. The number of hydrazine groups is 1. The van der Waals surface area contributed by atoms with Gasteiger partial charge in [0.15, 0.2) is 10.6 Å². The van der Waals surface area contributed by atoms with E-state index in [2.05, 4.69) is 4.99 Å². The van der Waals surface area contributed by atoms with Gasteiger partial charge >= 0.3 is 6.09 Å². The first-order valence-electron chi connectivity index (χ1n) is 6.43.